The Morgan fingerprint density at radius 3 is 2.33 bits per heavy atom. The van der Waals surface area contributed by atoms with E-state index in [1.54, 1.807) is 0 Å². The van der Waals surface area contributed by atoms with E-state index in [-0.39, 0.29) is 35.7 Å². The van der Waals surface area contributed by atoms with Gasteiger partial charge in [-0.15, -0.1) is 37.1 Å². The molecule has 0 aliphatic rings. The van der Waals surface area contributed by atoms with Gasteiger partial charge in [0.25, 0.3) is 0 Å². The summed E-state index contributed by atoms with van der Waals surface area (Å²) in [5, 5.41) is 2.78. The van der Waals surface area contributed by atoms with E-state index in [1.807, 2.05) is 0 Å². The molecule has 1 rings (SSSR count). The maximum atomic E-state index is 11.9. The number of nitrogens with two attached hydrogens (primary N) is 1. The first-order chi connectivity index (χ1) is 7.90. The van der Waals surface area contributed by atoms with E-state index in [9.17, 15) is 13.2 Å². The fourth-order valence-electron chi connectivity index (χ4n) is 1.08. The van der Waals surface area contributed by atoms with Gasteiger partial charge in [-0.25, -0.2) is 0 Å². The molecule has 0 amide bonds. The summed E-state index contributed by atoms with van der Waals surface area (Å²) in [5.41, 5.74) is 6.17. The van der Waals surface area contributed by atoms with Gasteiger partial charge in [0.2, 0.25) is 0 Å². The van der Waals surface area contributed by atoms with Crippen molar-refractivity contribution in [3.63, 3.8) is 0 Å². The Kier molecular flexibility index (Phi) is 6.81. The molecule has 0 spiro atoms. The molecule has 0 radical (unpaired) electrons. The highest BCUT2D eigenvalue weighted by Gasteiger charge is 2.30. The highest BCUT2D eigenvalue weighted by molar-refractivity contribution is 14.0. The Morgan fingerprint density at radius 1 is 1.33 bits per heavy atom. The van der Waals surface area contributed by atoms with Crippen molar-refractivity contribution in [3.8, 4) is 5.75 Å². The zero-order valence-electron chi connectivity index (χ0n) is 9.49. The standard InChI is InChI=1S/C10H12F3N3O.HI/c1-15-9(14)16-6-7-2-4-8(5-3-7)17-10(11,12)13;/h2-5H,6H2,1H3,(H3,14,15,16);1H. The molecule has 0 saturated carbocycles. The molecule has 0 aliphatic heterocycles. The maximum Gasteiger partial charge on any atom is 0.573 e. The van der Waals surface area contributed by atoms with Crippen LogP contribution in [0.3, 0.4) is 0 Å². The van der Waals surface area contributed by atoms with Crippen molar-refractivity contribution in [1.82, 2.24) is 5.32 Å². The predicted molar refractivity (Wildman–Crippen MR) is 72.9 cm³/mol. The highest BCUT2D eigenvalue weighted by atomic mass is 127. The molecular weight excluding hydrogens is 362 g/mol. The number of nitrogens with one attached hydrogen (secondary N) is 1. The molecule has 18 heavy (non-hydrogen) atoms. The van der Waals surface area contributed by atoms with Crippen molar-refractivity contribution in [2.75, 3.05) is 7.05 Å². The van der Waals surface area contributed by atoms with E-state index < -0.39 is 6.36 Å². The van der Waals surface area contributed by atoms with Crippen LogP contribution in [-0.4, -0.2) is 19.4 Å². The summed E-state index contributed by atoms with van der Waals surface area (Å²) in [6, 6.07) is 5.50. The molecule has 0 aromatic heterocycles. The molecule has 3 N–H and O–H groups in total. The van der Waals surface area contributed by atoms with Crippen LogP contribution in [-0.2, 0) is 6.54 Å². The van der Waals surface area contributed by atoms with Crippen LogP contribution in [0.4, 0.5) is 13.2 Å². The van der Waals surface area contributed by atoms with Gasteiger partial charge < -0.3 is 15.8 Å². The smallest absolute Gasteiger partial charge is 0.406 e. The Hall–Kier alpha value is -1.19. The lowest BCUT2D eigenvalue weighted by atomic mass is 10.2. The molecule has 1 aromatic rings. The Labute approximate surface area is 119 Å². The summed E-state index contributed by atoms with van der Waals surface area (Å²) in [6.07, 6.45) is -4.67. The molecule has 0 bridgehead atoms. The minimum absolute atomic E-state index is 0. The number of aliphatic imine (C=N–C) groups is 1. The molecule has 0 atom stereocenters. The van der Waals surface area contributed by atoms with Crippen LogP contribution in [0.25, 0.3) is 0 Å². The molecule has 102 valence electrons. The van der Waals surface area contributed by atoms with Crippen LogP contribution in [0.5, 0.6) is 5.75 Å². The topological polar surface area (TPSA) is 59.6 Å². The number of hydrogen-bond donors (Lipinski definition) is 2. The monoisotopic (exact) mass is 375 g/mol. The van der Waals surface area contributed by atoms with Gasteiger partial charge in [-0.1, -0.05) is 12.1 Å². The molecule has 0 saturated heterocycles. The number of nitrogens with zero attached hydrogens (tertiary/aromatic N) is 1. The van der Waals surface area contributed by atoms with Crippen molar-refractivity contribution >= 4 is 29.9 Å². The molecule has 1 aromatic carbocycles. The van der Waals surface area contributed by atoms with Gasteiger partial charge in [0.05, 0.1) is 0 Å². The molecule has 0 unspecified atom stereocenters. The quantitative estimate of drug-likeness (QED) is 0.484. The van der Waals surface area contributed by atoms with E-state index in [1.165, 1.54) is 31.3 Å². The lowest BCUT2D eigenvalue weighted by Gasteiger charge is -2.09. The van der Waals surface area contributed by atoms with Gasteiger partial charge in [-0.05, 0) is 17.7 Å². The molecule has 0 aliphatic carbocycles. The summed E-state index contributed by atoms with van der Waals surface area (Å²) in [5.74, 6) is 0.0130. The SMILES string of the molecule is CN=C(N)NCc1ccc(OC(F)(F)F)cc1.I. The van der Waals surface area contributed by atoms with Crippen LogP contribution >= 0.6 is 24.0 Å². The van der Waals surface area contributed by atoms with Gasteiger partial charge in [0.15, 0.2) is 5.96 Å². The van der Waals surface area contributed by atoms with Gasteiger partial charge in [0.1, 0.15) is 5.75 Å². The predicted octanol–water partition coefficient (Wildman–Crippen LogP) is 2.24. The number of alkyl halides is 3. The summed E-state index contributed by atoms with van der Waals surface area (Å²) in [4.78, 5) is 3.68. The number of guanidine groups is 1. The third kappa shape index (κ3) is 6.52. The second-order valence-corrected chi connectivity index (χ2v) is 3.15. The number of rotatable bonds is 3. The van der Waals surface area contributed by atoms with Crippen molar-refractivity contribution in [2.45, 2.75) is 12.9 Å². The lowest BCUT2D eigenvalue weighted by Crippen LogP contribution is -2.30. The number of ether oxygens (including phenoxy) is 1. The first-order valence-corrected chi connectivity index (χ1v) is 4.71. The van der Waals surface area contributed by atoms with Crippen molar-refractivity contribution in [3.05, 3.63) is 29.8 Å². The molecular formula is C10H13F3IN3O. The Morgan fingerprint density at radius 2 is 1.89 bits per heavy atom. The molecule has 8 heteroatoms. The zero-order chi connectivity index (χ0) is 12.9. The molecule has 0 heterocycles. The third-order valence-electron chi connectivity index (χ3n) is 1.87. The van der Waals surface area contributed by atoms with E-state index in [0.717, 1.165) is 5.56 Å². The Bertz CT molecular complexity index is 392. The summed E-state index contributed by atoms with van der Waals surface area (Å²) >= 11 is 0. The summed E-state index contributed by atoms with van der Waals surface area (Å²) in [6.45, 7) is 0.384. The van der Waals surface area contributed by atoms with Crippen LogP contribution < -0.4 is 15.8 Å². The van der Waals surface area contributed by atoms with Crippen molar-refractivity contribution in [2.24, 2.45) is 10.7 Å². The number of benzene rings is 1. The molecule has 0 fully saturated rings. The van der Waals surface area contributed by atoms with Gasteiger partial charge in [0, 0.05) is 13.6 Å². The lowest BCUT2D eigenvalue weighted by molar-refractivity contribution is -0.274. The van der Waals surface area contributed by atoms with Crippen LogP contribution in [0, 0.1) is 0 Å². The number of hydrogen-bond acceptors (Lipinski definition) is 2. The first kappa shape index (κ1) is 16.8. The van der Waals surface area contributed by atoms with Gasteiger partial charge in [-0.3, -0.25) is 4.99 Å². The minimum atomic E-state index is -4.67. The fourth-order valence-corrected chi connectivity index (χ4v) is 1.08. The van der Waals surface area contributed by atoms with Gasteiger partial charge >= 0.3 is 6.36 Å². The van der Waals surface area contributed by atoms with Gasteiger partial charge in [-0.2, -0.15) is 0 Å². The summed E-state index contributed by atoms with van der Waals surface area (Å²) < 4.78 is 39.4. The second kappa shape index (κ2) is 7.29. The normalized spacial score (nSPS) is 11.7. The van der Waals surface area contributed by atoms with Crippen molar-refractivity contribution in [1.29, 1.82) is 0 Å². The highest BCUT2D eigenvalue weighted by Crippen LogP contribution is 2.22. The van der Waals surface area contributed by atoms with Crippen LogP contribution in [0.1, 0.15) is 5.56 Å². The third-order valence-corrected chi connectivity index (χ3v) is 1.87. The van der Waals surface area contributed by atoms with E-state index in [0.29, 0.717) is 6.54 Å². The maximum absolute atomic E-state index is 11.9. The largest absolute Gasteiger partial charge is 0.573 e. The average molecular weight is 375 g/mol. The second-order valence-electron chi connectivity index (χ2n) is 3.15. The average Bonchev–Trinajstić information content (AvgIpc) is 2.25. The summed E-state index contributed by atoms with van der Waals surface area (Å²) in [7, 11) is 1.53. The minimum Gasteiger partial charge on any atom is -0.406 e. The number of halogens is 4. The fraction of sp³-hybridized carbons (Fsp3) is 0.300. The Balaban J connectivity index is 0.00000289. The van der Waals surface area contributed by atoms with E-state index in [2.05, 4.69) is 15.0 Å². The van der Waals surface area contributed by atoms with E-state index in [4.69, 9.17) is 5.73 Å². The van der Waals surface area contributed by atoms with Crippen LogP contribution in [0.15, 0.2) is 29.3 Å². The van der Waals surface area contributed by atoms with Crippen molar-refractivity contribution < 1.29 is 17.9 Å². The van der Waals surface area contributed by atoms with E-state index >= 15 is 0 Å². The van der Waals surface area contributed by atoms with Crippen LogP contribution in [0.2, 0.25) is 0 Å². The molecule has 4 nitrogen and oxygen atoms in total. The first-order valence-electron chi connectivity index (χ1n) is 4.71. The zero-order valence-corrected chi connectivity index (χ0v) is 11.8.